The number of nitrogens with one attached hydrogen (secondary N) is 2. The molecule has 2 N–H and O–H groups in total. The standard InChI is InChI=1S/C18H22FN5/c1-2-21-18(23-15-5-3-4-6-15)22-12-14-7-8-17(16(19)11-14)24-10-9-20-13-24/h3-4,7-11,13,15H,2,5-6,12H2,1H3,(H2,21,22,23). The molecule has 0 spiro atoms. The van der Waals surface area contributed by atoms with Gasteiger partial charge in [-0.25, -0.2) is 14.4 Å². The fraction of sp³-hybridized carbons (Fsp3) is 0.333. The maximum absolute atomic E-state index is 14.3. The smallest absolute Gasteiger partial charge is 0.191 e. The lowest BCUT2D eigenvalue weighted by molar-refractivity contribution is 0.615. The van der Waals surface area contributed by atoms with Crippen LogP contribution >= 0.6 is 0 Å². The van der Waals surface area contributed by atoms with Crippen LogP contribution in [0.4, 0.5) is 4.39 Å². The monoisotopic (exact) mass is 327 g/mol. The Kier molecular flexibility index (Phi) is 5.25. The van der Waals surface area contributed by atoms with E-state index in [0.717, 1.165) is 30.9 Å². The first-order chi connectivity index (χ1) is 11.8. The molecule has 6 heteroatoms. The van der Waals surface area contributed by atoms with Crippen molar-refractivity contribution in [1.82, 2.24) is 20.2 Å². The highest BCUT2D eigenvalue weighted by molar-refractivity contribution is 5.80. The van der Waals surface area contributed by atoms with Crippen molar-refractivity contribution in [3.05, 3.63) is 60.5 Å². The van der Waals surface area contributed by atoms with Gasteiger partial charge in [0.2, 0.25) is 0 Å². The number of nitrogens with zero attached hydrogens (tertiary/aromatic N) is 3. The number of hydrogen-bond acceptors (Lipinski definition) is 2. The van der Waals surface area contributed by atoms with Crippen LogP contribution in [0.25, 0.3) is 5.69 Å². The third-order valence-corrected chi connectivity index (χ3v) is 3.91. The molecule has 0 saturated carbocycles. The summed E-state index contributed by atoms with van der Waals surface area (Å²) in [6, 6.07) is 5.56. The number of benzene rings is 1. The van der Waals surface area contributed by atoms with Crippen molar-refractivity contribution in [2.24, 2.45) is 4.99 Å². The normalized spacial score (nSPS) is 15.0. The molecule has 1 aliphatic rings. The summed E-state index contributed by atoms with van der Waals surface area (Å²) in [7, 11) is 0. The first-order valence-corrected chi connectivity index (χ1v) is 8.23. The highest BCUT2D eigenvalue weighted by Crippen LogP contribution is 2.15. The molecule has 0 saturated heterocycles. The summed E-state index contributed by atoms with van der Waals surface area (Å²) in [5.74, 6) is 0.490. The van der Waals surface area contributed by atoms with E-state index in [1.807, 2.05) is 13.0 Å². The van der Waals surface area contributed by atoms with Gasteiger partial charge in [-0.15, -0.1) is 0 Å². The van der Waals surface area contributed by atoms with Crippen molar-refractivity contribution in [2.45, 2.75) is 32.4 Å². The number of imidazole rings is 1. The van der Waals surface area contributed by atoms with Crippen LogP contribution < -0.4 is 10.6 Å². The number of guanidine groups is 1. The summed E-state index contributed by atoms with van der Waals surface area (Å²) in [6.07, 6.45) is 11.3. The molecule has 1 aromatic heterocycles. The van der Waals surface area contributed by atoms with Crippen LogP contribution in [0.1, 0.15) is 25.3 Å². The SMILES string of the molecule is CCNC(=NCc1ccc(-n2ccnc2)c(F)c1)NC1CC=CC1. The Balaban J connectivity index is 1.68. The first-order valence-electron chi connectivity index (χ1n) is 8.23. The Morgan fingerprint density at radius 1 is 1.38 bits per heavy atom. The maximum Gasteiger partial charge on any atom is 0.191 e. The van der Waals surface area contributed by atoms with Crippen molar-refractivity contribution in [2.75, 3.05) is 6.54 Å². The fourth-order valence-corrected chi connectivity index (χ4v) is 2.68. The van der Waals surface area contributed by atoms with Crippen LogP contribution in [-0.2, 0) is 6.54 Å². The van der Waals surface area contributed by atoms with Gasteiger partial charge >= 0.3 is 0 Å². The average molecular weight is 327 g/mol. The lowest BCUT2D eigenvalue weighted by atomic mass is 10.2. The number of aromatic nitrogens is 2. The van der Waals surface area contributed by atoms with Crippen molar-refractivity contribution in [3.8, 4) is 5.69 Å². The zero-order chi connectivity index (χ0) is 16.8. The molecule has 1 heterocycles. The lowest BCUT2D eigenvalue weighted by Gasteiger charge is -2.16. The fourth-order valence-electron chi connectivity index (χ4n) is 2.68. The van der Waals surface area contributed by atoms with E-state index in [-0.39, 0.29) is 5.82 Å². The Morgan fingerprint density at radius 2 is 2.21 bits per heavy atom. The predicted molar refractivity (Wildman–Crippen MR) is 93.6 cm³/mol. The van der Waals surface area contributed by atoms with Gasteiger partial charge in [-0.2, -0.15) is 0 Å². The van der Waals surface area contributed by atoms with E-state index in [0.29, 0.717) is 18.3 Å². The molecular formula is C18H22FN5. The minimum Gasteiger partial charge on any atom is -0.357 e. The van der Waals surface area contributed by atoms with Crippen LogP contribution in [-0.4, -0.2) is 28.1 Å². The van der Waals surface area contributed by atoms with Crippen molar-refractivity contribution in [3.63, 3.8) is 0 Å². The second-order valence-corrected chi connectivity index (χ2v) is 5.73. The van der Waals surface area contributed by atoms with Gasteiger partial charge in [0.25, 0.3) is 0 Å². The summed E-state index contributed by atoms with van der Waals surface area (Å²) in [5, 5.41) is 6.64. The Hall–Kier alpha value is -2.63. The van der Waals surface area contributed by atoms with E-state index in [9.17, 15) is 4.39 Å². The Morgan fingerprint density at radius 3 is 2.88 bits per heavy atom. The first kappa shape index (κ1) is 16.2. The van der Waals surface area contributed by atoms with Crippen LogP contribution in [0.2, 0.25) is 0 Å². The van der Waals surface area contributed by atoms with Gasteiger partial charge in [0, 0.05) is 25.0 Å². The summed E-state index contributed by atoms with van der Waals surface area (Å²) in [6.45, 7) is 3.25. The maximum atomic E-state index is 14.3. The molecule has 0 fully saturated rings. The zero-order valence-corrected chi connectivity index (χ0v) is 13.7. The van der Waals surface area contributed by atoms with Gasteiger partial charge in [-0.3, -0.25) is 0 Å². The molecule has 0 unspecified atom stereocenters. The molecule has 126 valence electrons. The average Bonchev–Trinajstić information content (AvgIpc) is 3.26. The van der Waals surface area contributed by atoms with E-state index >= 15 is 0 Å². The summed E-state index contributed by atoms with van der Waals surface area (Å²) >= 11 is 0. The number of rotatable bonds is 5. The van der Waals surface area contributed by atoms with Gasteiger partial charge < -0.3 is 15.2 Å². The van der Waals surface area contributed by atoms with E-state index in [2.05, 4.69) is 32.8 Å². The minimum atomic E-state index is -0.279. The van der Waals surface area contributed by atoms with E-state index in [4.69, 9.17) is 0 Å². The number of halogens is 1. The van der Waals surface area contributed by atoms with Gasteiger partial charge in [0.05, 0.1) is 18.6 Å². The summed E-state index contributed by atoms with van der Waals surface area (Å²) in [4.78, 5) is 8.51. The van der Waals surface area contributed by atoms with Crippen molar-refractivity contribution >= 4 is 5.96 Å². The molecule has 1 aromatic carbocycles. The van der Waals surface area contributed by atoms with Crippen LogP contribution in [0.15, 0.2) is 54.1 Å². The van der Waals surface area contributed by atoms with Crippen molar-refractivity contribution < 1.29 is 4.39 Å². The van der Waals surface area contributed by atoms with Crippen molar-refractivity contribution in [1.29, 1.82) is 0 Å². The summed E-state index contributed by atoms with van der Waals surface area (Å²) < 4.78 is 15.9. The molecule has 5 nitrogen and oxygen atoms in total. The molecule has 0 bridgehead atoms. The second-order valence-electron chi connectivity index (χ2n) is 5.73. The topological polar surface area (TPSA) is 54.2 Å². The highest BCUT2D eigenvalue weighted by Gasteiger charge is 2.11. The number of hydrogen-bond donors (Lipinski definition) is 2. The van der Waals surface area contributed by atoms with E-state index in [1.165, 1.54) is 6.07 Å². The molecular weight excluding hydrogens is 305 g/mol. The molecule has 0 atom stereocenters. The van der Waals surface area contributed by atoms with Crippen LogP contribution in [0.5, 0.6) is 0 Å². The van der Waals surface area contributed by atoms with Crippen LogP contribution in [0.3, 0.4) is 0 Å². The van der Waals surface area contributed by atoms with Gasteiger partial charge in [0.1, 0.15) is 5.82 Å². The molecule has 0 aliphatic heterocycles. The van der Waals surface area contributed by atoms with Crippen LogP contribution in [0, 0.1) is 5.82 Å². The van der Waals surface area contributed by atoms with E-state index in [1.54, 1.807) is 29.4 Å². The Bertz CT molecular complexity index is 713. The molecule has 2 aromatic rings. The quantitative estimate of drug-likeness (QED) is 0.504. The van der Waals surface area contributed by atoms with Gasteiger partial charge in [-0.1, -0.05) is 18.2 Å². The highest BCUT2D eigenvalue weighted by atomic mass is 19.1. The largest absolute Gasteiger partial charge is 0.357 e. The Labute approximate surface area is 141 Å². The third-order valence-electron chi connectivity index (χ3n) is 3.91. The lowest BCUT2D eigenvalue weighted by Crippen LogP contribution is -2.42. The van der Waals surface area contributed by atoms with E-state index < -0.39 is 0 Å². The van der Waals surface area contributed by atoms with Gasteiger partial charge in [-0.05, 0) is 37.5 Å². The number of aliphatic imine (C=N–C) groups is 1. The van der Waals surface area contributed by atoms with Gasteiger partial charge in [0.15, 0.2) is 5.96 Å². The molecule has 24 heavy (non-hydrogen) atoms. The minimum absolute atomic E-state index is 0.279. The third kappa shape index (κ3) is 4.01. The molecule has 3 rings (SSSR count). The predicted octanol–water partition coefficient (Wildman–Crippen LogP) is 2.79. The zero-order valence-electron chi connectivity index (χ0n) is 13.7. The molecule has 0 amide bonds. The molecule has 0 radical (unpaired) electrons. The molecule has 1 aliphatic carbocycles. The summed E-state index contributed by atoms with van der Waals surface area (Å²) in [5.41, 5.74) is 1.32. The second kappa shape index (κ2) is 7.77.